The normalized spacial score (nSPS) is 11.8. The van der Waals surface area contributed by atoms with Crippen molar-refractivity contribution in [3.63, 3.8) is 0 Å². The van der Waals surface area contributed by atoms with Crippen LogP contribution >= 0.6 is 0 Å². The summed E-state index contributed by atoms with van der Waals surface area (Å²) in [5, 5.41) is 12.4. The summed E-state index contributed by atoms with van der Waals surface area (Å²) in [6.07, 6.45) is -0.869. The molecule has 0 bridgehead atoms. The van der Waals surface area contributed by atoms with Gasteiger partial charge in [0.15, 0.2) is 0 Å². The lowest BCUT2D eigenvalue weighted by Crippen LogP contribution is -2.37. The maximum atomic E-state index is 11.9. The molecule has 0 saturated heterocycles. The number of aliphatic hydroxyl groups is 1. The van der Waals surface area contributed by atoms with Gasteiger partial charge in [-0.3, -0.25) is 9.59 Å². The fourth-order valence-electron chi connectivity index (χ4n) is 2.15. The predicted molar refractivity (Wildman–Crippen MR) is 92.8 cm³/mol. The highest BCUT2D eigenvalue weighted by molar-refractivity contribution is 5.93. The second-order valence-corrected chi connectivity index (χ2v) is 5.61. The van der Waals surface area contributed by atoms with E-state index in [-0.39, 0.29) is 18.7 Å². The number of pyridine rings is 1. The summed E-state index contributed by atoms with van der Waals surface area (Å²) < 4.78 is 10.5. The van der Waals surface area contributed by atoms with Crippen LogP contribution in [0.1, 0.15) is 21.6 Å². The van der Waals surface area contributed by atoms with Crippen molar-refractivity contribution in [3.8, 4) is 5.75 Å². The van der Waals surface area contributed by atoms with Gasteiger partial charge in [-0.2, -0.15) is 0 Å². The van der Waals surface area contributed by atoms with Gasteiger partial charge in [0, 0.05) is 12.2 Å². The van der Waals surface area contributed by atoms with E-state index in [1.807, 2.05) is 24.3 Å². The Morgan fingerprint density at radius 1 is 1.24 bits per heavy atom. The van der Waals surface area contributed by atoms with Gasteiger partial charge in [0.1, 0.15) is 11.3 Å². The van der Waals surface area contributed by atoms with Crippen molar-refractivity contribution < 1.29 is 19.4 Å². The summed E-state index contributed by atoms with van der Waals surface area (Å²) in [5.41, 5.74) is 1.18. The number of hydrogen-bond acceptors (Lipinski definition) is 5. The van der Waals surface area contributed by atoms with Crippen molar-refractivity contribution in [3.05, 3.63) is 63.6 Å². The number of nitrogens with one attached hydrogen (secondary N) is 2. The number of carbonyl (C=O) groups excluding carboxylic acids is 1. The number of aliphatic hydroxyl groups excluding tert-OH is 1. The number of methoxy groups -OCH3 is 1. The zero-order chi connectivity index (χ0) is 18.2. The Morgan fingerprint density at radius 3 is 2.60 bits per heavy atom. The van der Waals surface area contributed by atoms with E-state index in [0.29, 0.717) is 12.3 Å². The highest BCUT2D eigenvalue weighted by Gasteiger charge is 2.12. The molecule has 25 heavy (non-hydrogen) atoms. The monoisotopic (exact) mass is 346 g/mol. The average Bonchev–Trinajstić information content (AvgIpc) is 2.60. The van der Waals surface area contributed by atoms with Crippen LogP contribution in [0.25, 0.3) is 0 Å². The molecule has 0 aliphatic heterocycles. The molecule has 0 fully saturated rings. The fraction of sp³-hybridized carbons (Fsp3) is 0.333. The van der Waals surface area contributed by atoms with Crippen LogP contribution < -0.4 is 15.6 Å². The molecule has 0 spiro atoms. The number of carbonyl (C=O) groups is 1. The number of benzene rings is 1. The second kappa shape index (κ2) is 9.00. The predicted octanol–water partition coefficient (Wildman–Crippen LogP) is 0.999. The molecule has 0 radical (unpaired) electrons. The van der Waals surface area contributed by atoms with Crippen molar-refractivity contribution in [2.24, 2.45) is 0 Å². The third-order valence-electron chi connectivity index (χ3n) is 3.54. The van der Waals surface area contributed by atoms with Crippen molar-refractivity contribution in [1.82, 2.24) is 10.3 Å². The van der Waals surface area contributed by atoms with Crippen LogP contribution in [0, 0.1) is 6.92 Å². The quantitative estimate of drug-likeness (QED) is 0.662. The van der Waals surface area contributed by atoms with Crippen LogP contribution in [0.2, 0.25) is 0 Å². The number of aryl methyl sites for hydroxylation is 1. The molecular weight excluding hydrogens is 324 g/mol. The van der Waals surface area contributed by atoms with Crippen molar-refractivity contribution in [1.29, 1.82) is 0 Å². The molecule has 1 unspecified atom stereocenters. The molecule has 134 valence electrons. The van der Waals surface area contributed by atoms with Crippen molar-refractivity contribution in [2.45, 2.75) is 19.6 Å². The highest BCUT2D eigenvalue weighted by atomic mass is 16.5. The summed E-state index contributed by atoms with van der Waals surface area (Å²) in [5.74, 6) is 0.230. The van der Waals surface area contributed by atoms with Crippen LogP contribution in [0.3, 0.4) is 0 Å². The lowest BCUT2D eigenvalue weighted by molar-refractivity contribution is 0.0285. The summed E-state index contributed by atoms with van der Waals surface area (Å²) in [7, 11) is 1.60. The molecular formula is C18H22N2O5. The van der Waals surface area contributed by atoms with E-state index in [9.17, 15) is 14.7 Å². The third kappa shape index (κ3) is 5.74. The summed E-state index contributed by atoms with van der Waals surface area (Å²) >= 11 is 0. The lowest BCUT2D eigenvalue weighted by Gasteiger charge is -2.12. The van der Waals surface area contributed by atoms with Gasteiger partial charge in [-0.1, -0.05) is 12.1 Å². The standard InChI is InChI=1S/C18H22N2O5/c1-12-3-8-16(18(23)20-12)17(22)19-9-14(21)11-25-10-13-4-6-15(24-2)7-5-13/h3-8,14,21H,9-11H2,1-2H3,(H,19,22)(H,20,23). The zero-order valence-electron chi connectivity index (χ0n) is 14.2. The highest BCUT2D eigenvalue weighted by Crippen LogP contribution is 2.11. The molecule has 1 heterocycles. The first-order chi connectivity index (χ1) is 12.0. The van der Waals surface area contributed by atoms with E-state index in [1.165, 1.54) is 6.07 Å². The Kier molecular flexibility index (Phi) is 6.73. The molecule has 0 aliphatic carbocycles. The number of ether oxygens (including phenoxy) is 2. The van der Waals surface area contributed by atoms with Gasteiger partial charge in [0.05, 0.1) is 26.4 Å². The number of aromatic amines is 1. The Hall–Kier alpha value is -2.64. The minimum atomic E-state index is -0.869. The smallest absolute Gasteiger partial charge is 0.260 e. The first-order valence-electron chi connectivity index (χ1n) is 7.86. The van der Waals surface area contributed by atoms with Crippen LogP contribution in [-0.2, 0) is 11.3 Å². The van der Waals surface area contributed by atoms with Crippen LogP contribution in [0.4, 0.5) is 0 Å². The number of aromatic nitrogens is 1. The summed E-state index contributed by atoms with van der Waals surface area (Å²) in [6, 6.07) is 10.5. The van der Waals surface area contributed by atoms with E-state index in [0.717, 1.165) is 11.3 Å². The summed E-state index contributed by atoms with van der Waals surface area (Å²) in [6.45, 7) is 2.13. The molecule has 7 heteroatoms. The number of hydrogen-bond donors (Lipinski definition) is 3. The number of rotatable bonds is 8. The third-order valence-corrected chi connectivity index (χ3v) is 3.54. The van der Waals surface area contributed by atoms with Gasteiger partial charge >= 0.3 is 0 Å². The first-order valence-corrected chi connectivity index (χ1v) is 7.86. The zero-order valence-corrected chi connectivity index (χ0v) is 14.2. The van der Waals surface area contributed by atoms with Crippen molar-refractivity contribution >= 4 is 5.91 Å². The molecule has 7 nitrogen and oxygen atoms in total. The molecule has 1 aromatic carbocycles. The molecule has 0 saturated carbocycles. The Labute approximate surface area is 145 Å². The van der Waals surface area contributed by atoms with Gasteiger partial charge in [-0.25, -0.2) is 0 Å². The van der Waals surface area contributed by atoms with E-state index in [2.05, 4.69) is 10.3 Å². The summed E-state index contributed by atoms with van der Waals surface area (Å²) in [4.78, 5) is 26.2. The second-order valence-electron chi connectivity index (χ2n) is 5.61. The molecule has 1 atom stereocenters. The van der Waals surface area contributed by atoms with Gasteiger partial charge in [0.2, 0.25) is 0 Å². The van der Waals surface area contributed by atoms with Crippen LogP contribution in [0.15, 0.2) is 41.2 Å². The van der Waals surface area contributed by atoms with E-state index in [1.54, 1.807) is 20.1 Å². The fourth-order valence-corrected chi connectivity index (χ4v) is 2.15. The van der Waals surface area contributed by atoms with Crippen LogP contribution in [0.5, 0.6) is 5.75 Å². The van der Waals surface area contributed by atoms with Crippen molar-refractivity contribution in [2.75, 3.05) is 20.3 Å². The van der Waals surface area contributed by atoms with E-state index >= 15 is 0 Å². The van der Waals surface area contributed by atoms with Gasteiger partial charge in [-0.15, -0.1) is 0 Å². The lowest BCUT2D eigenvalue weighted by atomic mass is 10.2. The Morgan fingerprint density at radius 2 is 1.96 bits per heavy atom. The maximum Gasteiger partial charge on any atom is 0.260 e. The number of H-pyrrole nitrogens is 1. The SMILES string of the molecule is COc1ccc(COCC(O)CNC(=O)c2ccc(C)[nH]c2=O)cc1. The van der Waals surface area contributed by atoms with E-state index in [4.69, 9.17) is 9.47 Å². The first kappa shape index (κ1) is 18.7. The Bertz CT molecular complexity index is 755. The molecule has 2 aromatic rings. The largest absolute Gasteiger partial charge is 0.497 e. The number of amides is 1. The minimum Gasteiger partial charge on any atom is -0.497 e. The van der Waals surface area contributed by atoms with E-state index < -0.39 is 17.6 Å². The average molecular weight is 346 g/mol. The van der Waals surface area contributed by atoms with Gasteiger partial charge in [-0.05, 0) is 36.8 Å². The van der Waals surface area contributed by atoms with Gasteiger partial charge in [0.25, 0.3) is 11.5 Å². The molecule has 1 aromatic heterocycles. The Balaban J connectivity index is 1.73. The van der Waals surface area contributed by atoms with Crippen LogP contribution in [-0.4, -0.2) is 42.4 Å². The van der Waals surface area contributed by atoms with Gasteiger partial charge < -0.3 is 24.9 Å². The molecule has 1 amide bonds. The molecule has 3 N–H and O–H groups in total. The molecule has 0 aliphatic rings. The maximum absolute atomic E-state index is 11.9. The molecule has 2 rings (SSSR count). The minimum absolute atomic E-state index is 0.00520. The topological polar surface area (TPSA) is 101 Å².